The Morgan fingerprint density at radius 3 is 2.84 bits per heavy atom. The summed E-state index contributed by atoms with van der Waals surface area (Å²) < 4.78 is 10.8. The maximum atomic E-state index is 10.1. The molecule has 0 atom stereocenters. The molecule has 0 aliphatic carbocycles. The van der Waals surface area contributed by atoms with Crippen LogP contribution in [0.4, 0.5) is 0 Å². The third-order valence-corrected chi connectivity index (χ3v) is 3.46. The van der Waals surface area contributed by atoms with Crippen molar-refractivity contribution in [2.45, 2.75) is 26.0 Å². The lowest BCUT2D eigenvalue weighted by molar-refractivity contribution is -0.0883. The average molecular weight is 286 g/mol. The van der Waals surface area contributed by atoms with Gasteiger partial charge >= 0.3 is 0 Å². The fourth-order valence-corrected chi connectivity index (χ4v) is 2.63. The Morgan fingerprint density at radius 2 is 2.21 bits per heavy atom. The lowest BCUT2D eigenvalue weighted by atomic mass is 10.1. The predicted octanol–water partition coefficient (Wildman–Crippen LogP) is 2.67. The number of rotatable bonds is 3. The van der Waals surface area contributed by atoms with Crippen LogP contribution in [0.2, 0.25) is 5.02 Å². The molecule has 0 radical (unpaired) electrons. The summed E-state index contributed by atoms with van der Waals surface area (Å²) >= 11 is 6.04. The second-order valence-corrected chi connectivity index (χ2v) is 5.87. The molecule has 106 valence electrons. The molecule has 1 aliphatic heterocycles. The fraction of sp³-hybridized carbons (Fsp3) is 0.571. The normalized spacial score (nSPS) is 19.4. The Kier molecular flexibility index (Phi) is 4.23. The Bertz CT molecular complexity index is 462. The first-order valence-corrected chi connectivity index (χ1v) is 6.71. The van der Waals surface area contributed by atoms with Crippen molar-refractivity contribution in [2.75, 3.05) is 26.8 Å². The molecule has 2 rings (SSSR count). The average Bonchev–Trinajstić information content (AvgIpc) is 2.32. The minimum absolute atomic E-state index is 0.156. The van der Waals surface area contributed by atoms with Gasteiger partial charge in [0.05, 0.1) is 19.3 Å². The van der Waals surface area contributed by atoms with Crippen LogP contribution in [0, 0.1) is 0 Å². The first-order chi connectivity index (χ1) is 8.91. The van der Waals surface area contributed by atoms with E-state index in [1.54, 1.807) is 12.1 Å². The highest BCUT2D eigenvalue weighted by atomic mass is 35.5. The van der Waals surface area contributed by atoms with Crippen molar-refractivity contribution < 1.29 is 14.6 Å². The second-order valence-electron chi connectivity index (χ2n) is 5.43. The van der Waals surface area contributed by atoms with E-state index in [2.05, 4.69) is 18.7 Å². The number of hydrogen-bond donors (Lipinski definition) is 1. The van der Waals surface area contributed by atoms with E-state index in [0.29, 0.717) is 23.9 Å². The molecule has 0 spiro atoms. The van der Waals surface area contributed by atoms with E-state index < -0.39 is 0 Å². The van der Waals surface area contributed by atoms with Crippen molar-refractivity contribution in [1.29, 1.82) is 0 Å². The van der Waals surface area contributed by atoms with Crippen LogP contribution in [0.3, 0.4) is 0 Å². The molecule has 1 N–H and O–H groups in total. The van der Waals surface area contributed by atoms with Crippen LogP contribution in [-0.2, 0) is 11.3 Å². The summed E-state index contributed by atoms with van der Waals surface area (Å²) in [5, 5.41) is 10.7. The molecule has 1 fully saturated rings. The van der Waals surface area contributed by atoms with Crippen molar-refractivity contribution in [3.63, 3.8) is 0 Å². The summed E-state index contributed by atoms with van der Waals surface area (Å²) in [5.74, 6) is 0.575. The first kappa shape index (κ1) is 14.4. The predicted molar refractivity (Wildman–Crippen MR) is 75.0 cm³/mol. The molecule has 1 aromatic carbocycles. The second kappa shape index (κ2) is 5.57. The number of phenols is 1. The number of aromatic hydroxyl groups is 1. The maximum Gasteiger partial charge on any atom is 0.162 e. The Balaban J connectivity index is 2.17. The number of nitrogens with zero attached hydrogens (tertiary/aromatic N) is 1. The van der Waals surface area contributed by atoms with Gasteiger partial charge in [-0.2, -0.15) is 0 Å². The van der Waals surface area contributed by atoms with Gasteiger partial charge in [-0.15, -0.1) is 0 Å². The lowest BCUT2D eigenvalue weighted by Gasteiger charge is -2.38. The van der Waals surface area contributed by atoms with E-state index in [1.165, 1.54) is 7.11 Å². The van der Waals surface area contributed by atoms with E-state index >= 15 is 0 Å². The summed E-state index contributed by atoms with van der Waals surface area (Å²) in [6.07, 6.45) is 0. The van der Waals surface area contributed by atoms with E-state index in [0.717, 1.165) is 18.7 Å². The van der Waals surface area contributed by atoms with Gasteiger partial charge in [0.15, 0.2) is 11.5 Å². The molecule has 0 amide bonds. The lowest BCUT2D eigenvalue weighted by Crippen LogP contribution is -2.47. The van der Waals surface area contributed by atoms with E-state index in [9.17, 15) is 5.11 Å². The molecule has 5 heteroatoms. The smallest absolute Gasteiger partial charge is 0.162 e. The van der Waals surface area contributed by atoms with Gasteiger partial charge in [0.2, 0.25) is 0 Å². The topological polar surface area (TPSA) is 41.9 Å². The van der Waals surface area contributed by atoms with Crippen LogP contribution >= 0.6 is 11.6 Å². The van der Waals surface area contributed by atoms with Gasteiger partial charge < -0.3 is 14.6 Å². The largest absolute Gasteiger partial charge is 0.504 e. The summed E-state index contributed by atoms with van der Waals surface area (Å²) in [4.78, 5) is 2.24. The van der Waals surface area contributed by atoms with E-state index in [-0.39, 0.29) is 11.4 Å². The molecule has 0 aromatic heterocycles. The molecule has 1 heterocycles. The molecule has 0 bridgehead atoms. The standard InChI is InChI=1S/C14H20ClNO3/c1-14(2)9-16(4-5-19-14)8-10-6-11(15)7-12(18-3)13(10)17/h6-7,17H,4-5,8-9H2,1-3H3. The zero-order chi connectivity index (χ0) is 14.0. The van der Waals surface area contributed by atoms with Crippen LogP contribution in [-0.4, -0.2) is 42.4 Å². The molecule has 0 saturated carbocycles. The summed E-state index contributed by atoms with van der Waals surface area (Å²) in [6, 6.07) is 3.39. The van der Waals surface area contributed by atoms with Crippen molar-refractivity contribution in [1.82, 2.24) is 4.90 Å². The molecule has 19 heavy (non-hydrogen) atoms. The van der Waals surface area contributed by atoms with Crippen molar-refractivity contribution in [3.05, 3.63) is 22.7 Å². The SMILES string of the molecule is COc1cc(Cl)cc(CN2CCOC(C)(C)C2)c1O. The van der Waals surface area contributed by atoms with E-state index in [4.69, 9.17) is 21.1 Å². The van der Waals surface area contributed by atoms with Gasteiger partial charge in [0.1, 0.15) is 0 Å². The minimum atomic E-state index is -0.156. The van der Waals surface area contributed by atoms with Crippen LogP contribution in [0.15, 0.2) is 12.1 Å². The number of hydrogen-bond acceptors (Lipinski definition) is 4. The zero-order valence-electron chi connectivity index (χ0n) is 11.6. The monoisotopic (exact) mass is 285 g/mol. The number of methoxy groups -OCH3 is 1. The van der Waals surface area contributed by atoms with E-state index in [1.807, 2.05) is 0 Å². The summed E-state index contributed by atoms with van der Waals surface area (Å²) in [6.45, 7) is 7.13. The molecule has 1 aromatic rings. The third-order valence-electron chi connectivity index (χ3n) is 3.24. The molecule has 0 unspecified atom stereocenters. The van der Waals surface area contributed by atoms with Gasteiger partial charge in [-0.25, -0.2) is 0 Å². The number of benzene rings is 1. The number of halogens is 1. The number of morpholine rings is 1. The maximum absolute atomic E-state index is 10.1. The van der Waals surface area contributed by atoms with Crippen molar-refractivity contribution in [3.8, 4) is 11.5 Å². The van der Waals surface area contributed by atoms with Gasteiger partial charge in [0.25, 0.3) is 0 Å². The fourth-order valence-electron chi connectivity index (χ4n) is 2.39. The first-order valence-electron chi connectivity index (χ1n) is 6.33. The van der Waals surface area contributed by atoms with Crippen LogP contribution in [0.1, 0.15) is 19.4 Å². The van der Waals surface area contributed by atoms with Gasteiger partial charge in [-0.1, -0.05) is 11.6 Å². The number of phenolic OH excluding ortho intramolecular Hbond substituents is 1. The highest BCUT2D eigenvalue weighted by Crippen LogP contribution is 2.34. The molecule has 4 nitrogen and oxygen atoms in total. The van der Waals surface area contributed by atoms with Gasteiger partial charge in [-0.05, 0) is 19.9 Å². The van der Waals surface area contributed by atoms with Crippen LogP contribution < -0.4 is 4.74 Å². The molecule has 1 saturated heterocycles. The Hall–Kier alpha value is -0.970. The quantitative estimate of drug-likeness (QED) is 0.927. The summed E-state index contributed by atoms with van der Waals surface area (Å²) in [5.41, 5.74) is 0.623. The van der Waals surface area contributed by atoms with Crippen molar-refractivity contribution in [2.24, 2.45) is 0 Å². The molecular formula is C14H20ClNO3. The van der Waals surface area contributed by atoms with Gasteiger partial charge in [-0.3, -0.25) is 4.90 Å². The molecular weight excluding hydrogens is 266 g/mol. The highest BCUT2D eigenvalue weighted by Gasteiger charge is 2.27. The zero-order valence-corrected chi connectivity index (χ0v) is 12.3. The highest BCUT2D eigenvalue weighted by molar-refractivity contribution is 6.30. The third kappa shape index (κ3) is 3.53. The molecule has 1 aliphatic rings. The Labute approximate surface area is 118 Å². The van der Waals surface area contributed by atoms with Crippen LogP contribution in [0.5, 0.6) is 11.5 Å². The van der Waals surface area contributed by atoms with Crippen molar-refractivity contribution >= 4 is 11.6 Å². The number of ether oxygens (including phenoxy) is 2. The summed E-state index contributed by atoms with van der Waals surface area (Å²) in [7, 11) is 1.52. The van der Waals surface area contributed by atoms with Gasteiger partial charge in [0, 0.05) is 36.3 Å². The Morgan fingerprint density at radius 1 is 1.47 bits per heavy atom. The minimum Gasteiger partial charge on any atom is -0.504 e. The van der Waals surface area contributed by atoms with Crippen LogP contribution in [0.25, 0.3) is 0 Å².